The standard InChI is InChI=1S/C26H32N6O5S2/c1-25(2,3)20-10-9-19(17-21(20)37-4)22(33)32(24-28-14-16-38-24)26(11-6-7-12-27,18-31-15-8-13-29-31)23(34)30-39(5,35)36/h8-10,13-17H,6-7,11,18H2,1-5H3,(H,30,34). The number of carbonyl (C=O) groups excluding carboxylic acids is 2. The Labute approximate surface area is 232 Å². The number of hydrogen-bond acceptors (Lipinski definition) is 9. The molecule has 0 bridgehead atoms. The Bertz CT molecular complexity index is 1440. The van der Waals surface area contributed by atoms with Crippen LogP contribution in [0.15, 0.2) is 48.2 Å². The van der Waals surface area contributed by atoms with E-state index in [4.69, 9.17) is 4.74 Å². The summed E-state index contributed by atoms with van der Waals surface area (Å²) < 4.78 is 33.6. The average molecular weight is 573 g/mol. The maximum atomic E-state index is 14.4. The molecule has 3 rings (SSSR count). The summed E-state index contributed by atoms with van der Waals surface area (Å²) in [6.07, 6.45) is 5.73. The van der Waals surface area contributed by atoms with Crippen molar-refractivity contribution in [3.63, 3.8) is 0 Å². The Balaban J connectivity index is 2.28. The van der Waals surface area contributed by atoms with Gasteiger partial charge in [-0.05, 0) is 42.0 Å². The van der Waals surface area contributed by atoms with Crippen molar-refractivity contribution in [1.29, 1.82) is 5.26 Å². The largest absolute Gasteiger partial charge is 0.496 e. The molecule has 11 nitrogen and oxygen atoms in total. The fourth-order valence-electron chi connectivity index (χ4n) is 4.30. The van der Waals surface area contributed by atoms with Gasteiger partial charge >= 0.3 is 0 Å². The summed E-state index contributed by atoms with van der Waals surface area (Å²) in [4.78, 5) is 33.8. The van der Waals surface area contributed by atoms with Crippen LogP contribution < -0.4 is 14.4 Å². The van der Waals surface area contributed by atoms with Gasteiger partial charge in [0.05, 0.1) is 26.0 Å². The van der Waals surface area contributed by atoms with E-state index in [9.17, 15) is 23.3 Å². The normalized spacial score (nSPS) is 13.2. The molecular formula is C26H32N6O5S2. The summed E-state index contributed by atoms with van der Waals surface area (Å²) in [6.45, 7) is 5.88. The molecule has 0 radical (unpaired) electrons. The van der Waals surface area contributed by atoms with Gasteiger partial charge < -0.3 is 4.74 Å². The first-order valence-electron chi connectivity index (χ1n) is 12.1. The van der Waals surface area contributed by atoms with Crippen molar-refractivity contribution in [2.24, 2.45) is 0 Å². The highest BCUT2D eigenvalue weighted by atomic mass is 32.2. The third-order valence-corrected chi connectivity index (χ3v) is 7.37. The maximum Gasteiger partial charge on any atom is 0.261 e. The number of anilines is 1. The highest BCUT2D eigenvalue weighted by molar-refractivity contribution is 7.89. The van der Waals surface area contributed by atoms with Gasteiger partial charge in [-0.1, -0.05) is 26.8 Å². The summed E-state index contributed by atoms with van der Waals surface area (Å²) in [5, 5.41) is 15.3. The van der Waals surface area contributed by atoms with Crippen LogP contribution in [0, 0.1) is 11.3 Å². The molecule has 1 aromatic carbocycles. The summed E-state index contributed by atoms with van der Waals surface area (Å²) >= 11 is 1.12. The molecule has 0 saturated carbocycles. The molecule has 208 valence electrons. The van der Waals surface area contributed by atoms with Crippen LogP contribution in [0.3, 0.4) is 0 Å². The van der Waals surface area contributed by atoms with E-state index >= 15 is 0 Å². The van der Waals surface area contributed by atoms with Crippen molar-refractivity contribution < 1.29 is 22.7 Å². The first-order chi connectivity index (χ1) is 18.3. The number of amides is 2. The molecule has 2 heterocycles. The molecular weight excluding hydrogens is 540 g/mol. The lowest BCUT2D eigenvalue weighted by Gasteiger charge is -2.41. The van der Waals surface area contributed by atoms with Crippen molar-refractivity contribution >= 4 is 38.3 Å². The number of thiazole rings is 1. The van der Waals surface area contributed by atoms with Crippen molar-refractivity contribution in [3.05, 3.63) is 59.4 Å². The van der Waals surface area contributed by atoms with Gasteiger partial charge in [-0.2, -0.15) is 10.4 Å². The van der Waals surface area contributed by atoms with E-state index in [1.165, 1.54) is 29.1 Å². The monoisotopic (exact) mass is 572 g/mol. The molecule has 1 N–H and O–H groups in total. The van der Waals surface area contributed by atoms with Crippen LogP contribution in [0.4, 0.5) is 5.13 Å². The zero-order chi connectivity index (χ0) is 28.8. The average Bonchev–Trinajstić information content (AvgIpc) is 3.56. The second-order valence-electron chi connectivity index (χ2n) is 10.1. The van der Waals surface area contributed by atoms with Crippen molar-refractivity contribution in [3.8, 4) is 11.8 Å². The first-order valence-corrected chi connectivity index (χ1v) is 14.9. The SMILES string of the molecule is COc1cc(C(=O)N(c2nccs2)C(CCCC#N)(Cn2cccn2)C(=O)NS(C)(=O)=O)ccc1C(C)(C)C. The molecule has 0 aliphatic heterocycles. The highest BCUT2D eigenvalue weighted by Gasteiger charge is 2.50. The molecule has 0 aliphatic carbocycles. The lowest BCUT2D eigenvalue weighted by molar-refractivity contribution is -0.125. The summed E-state index contributed by atoms with van der Waals surface area (Å²) in [6, 6.07) is 8.75. The number of aromatic nitrogens is 3. The number of nitriles is 1. The molecule has 1 unspecified atom stereocenters. The van der Waals surface area contributed by atoms with Crippen LogP contribution in [-0.4, -0.2) is 53.9 Å². The zero-order valence-electron chi connectivity index (χ0n) is 22.5. The lowest BCUT2D eigenvalue weighted by atomic mass is 9.85. The Morgan fingerprint density at radius 1 is 1.26 bits per heavy atom. The van der Waals surface area contributed by atoms with E-state index in [0.29, 0.717) is 5.75 Å². The minimum atomic E-state index is -4.01. The van der Waals surface area contributed by atoms with Crippen molar-refractivity contribution in [2.75, 3.05) is 18.3 Å². The number of unbranched alkanes of at least 4 members (excludes halogenated alkanes) is 1. The molecule has 13 heteroatoms. The van der Waals surface area contributed by atoms with Crippen LogP contribution in [0.1, 0.15) is 56.0 Å². The molecule has 3 aromatic rings. The second-order valence-corrected chi connectivity index (χ2v) is 12.7. The highest BCUT2D eigenvalue weighted by Crippen LogP contribution is 2.37. The van der Waals surface area contributed by atoms with E-state index in [-0.39, 0.29) is 41.9 Å². The number of nitrogens with one attached hydrogen (secondary N) is 1. The van der Waals surface area contributed by atoms with Gasteiger partial charge in [0.15, 0.2) is 5.13 Å². The van der Waals surface area contributed by atoms with E-state index in [0.717, 1.165) is 23.2 Å². The predicted octanol–water partition coefficient (Wildman–Crippen LogP) is 3.50. The number of ether oxygens (including phenoxy) is 1. The Hall–Kier alpha value is -3.76. The number of benzene rings is 1. The number of hydrogen-bond donors (Lipinski definition) is 1. The van der Waals surface area contributed by atoms with Crippen LogP contribution in [0.25, 0.3) is 0 Å². The Morgan fingerprint density at radius 3 is 2.54 bits per heavy atom. The molecule has 2 aromatic heterocycles. The molecule has 1 atom stereocenters. The van der Waals surface area contributed by atoms with Crippen LogP contribution >= 0.6 is 11.3 Å². The first kappa shape index (κ1) is 29.8. The van der Waals surface area contributed by atoms with Gasteiger partial charge in [0, 0.05) is 36.0 Å². The fourth-order valence-corrected chi connectivity index (χ4v) is 5.55. The third kappa shape index (κ3) is 7.01. The minimum absolute atomic E-state index is 0.0374. The van der Waals surface area contributed by atoms with Gasteiger partial charge in [-0.15, -0.1) is 11.3 Å². The number of rotatable bonds is 11. The van der Waals surface area contributed by atoms with Crippen LogP contribution in [0.5, 0.6) is 5.75 Å². The van der Waals surface area contributed by atoms with Crippen LogP contribution in [-0.2, 0) is 26.8 Å². The van der Waals surface area contributed by atoms with Crippen molar-refractivity contribution in [1.82, 2.24) is 19.5 Å². The zero-order valence-corrected chi connectivity index (χ0v) is 24.2. The van der Waals surface area contributed by atoms with Gasteiger partial charge in [-0.25, -0.2) is 13.4 Å². The van der Waals surface area contributed by atoms with E-state index < -0.39 is 27.4 Å². The third-order valence-electron chi connectivity index (χ3n) is 6.06. The number of carbonyl (C=O) groups is 2. The van der Waals surface area contributed by atoms with Gasteiger partial charge in [0.1, 0.15) is 11.3 Å². The topological polar surface area (TPSA) is 147 Å². The Kier molecular flexibility index (Phi) is 9.14. The second kappa shape index (κ2) is 12.0. The minimum Gasteiger partial charge on any atom is -0.496 e. The van der Waals surface area contributed by atoms with E-state index in [1.807, 2.05) is 20.8 Å². The number of methoxy groups -OCH3 is 1. The van der Waals surface area contributed by atoms with Gasteiger partial charge in [0.2, 0.25) is 10.0 Å². The molecule has 2 amide bonds. The van der Waals surface area contributed by atoms with Gasteiger partial charge in [0.25, 0.3) is 11.8 Å². The summed E-state index contributed by atoms with van der Waals surface area (Å²) in [5.41, 5.74) is -0.976. The molecule has 39 heavy (non-hydrogen) atoms. The van der Waals surface area contributed by atoms with Crippen molar-refractivity contribution in [2.45, 2.75) is 57.5 Å². The van der Waals surface area contributed by atoms with Gasteiger partial charge in [-0.3, -0.25) is 23.9 Å². The fraction of sp³-hybridized carbons (Fsp3) is 0.423. The van der Waals surface area contributed by atoms with E-state index in [1.54, 1.807) is 35.8 Å². The number of nitrogens with zero attached hydrogens (tertiary/aromatic N) is 5. The molecule has 0 spiro atoms. The van der Waals surface area contributed by atoms with E-state index in [2.05, 4.69) is 20.9 Å². The summed E-state index contributed by atoms with van der Waals surface area (Å²) in [5.74, 6) is -1.02. The quantitative estimate of drug-likeness (QED) is 0.343. The molecule has 0 aliphatic rings. The predicted molar refractivity (Wildman–Crippen MR) is 148 cm³/mol. The maximum absolute atomic E-state index is 14.4. The molecule has 0 saturated heterocycles. The number of sulfonamides is 1. The van der Waals surface area contributed by atoms with Crippen LogP contribution in [0.2, 0.25) is 0 Å². The Morgan fingerprint density at radius 2 is 2.00 bits per heavy atom. The summed E-state index contributed by atoms with van der Waals surface area (Å²) in [7, 11) is -2.50. The smallest absolute Gasteiger partial charge is 0.261 e. The lowest BCUT2D eigenvalue weighted by Crippen LogP contribution is -2.64. The molecule has 0 fully saturated rings.